The quantitative estimate of drug-likeness (QED) is 0.695. The Hall–Kier alpha value is -2.34. The zero-order valence-corrected chi connectivity index (χ0v) is 15.2. The van der Waals surface area contributed by atoms with Gasteiger partial charge in [0, 0.05) is 0 Å². The Morgan fingerprint density at radius 1 is 0.958 bits per heavy atom. The summed E-state index contributed by atoms with van der Waals surface area (Å²) in [5, 5.41) is 9.46. The third-order valence-electron chi connectivity index (χ3n) is 3.62. The van der Waals surface area contributed by atoms with E-state index in [4.69, 9.17) is 4.74 Å². The maximum atomic E-state index is 14.5. The van der Waals surface area contributed by atoms with E-state index in [9.17, 15) is 9.65 Å². The Kier molecular flexibility index (Phi) is 4.71. The first-order valence-electron chi connectivity index (χ1n) is 8.05. The first-order valence-corrected chi connectivity index (χ1v) is 8.05. The lowest BCUT2D eigenvalue weighted by atomic mass is 9.85. The Balaban J connectivity index is 2.46. The third-order valence-corrected chi connectivity index (χ3v) is 3.62. The highest BCUT2D eigenvalue weighted by Crippen LogP contribution is 2.32. The van der Waals surface area contributed by atoms with Gasteiger partial charge in [-0.15, -0.1) is 0 Å². The van der Waals surface area contributed by atoms with Crippen molar-refractivity contribution in [3.63, 3.8) is 0 Å². The molecule has 126 valence electrons. The second-order valence-electron chi connectivity index (χ2n) is 7.98. The average Bonchev–Trinajstić information content (AvgIpc) is 2.43. The Morgan fingerprint density at radius 2 is 1.62 bits per heavy atom. The molecule has 0 unspecified atom stereocenters. The molecule has 0 radical (unpaired) electrons. The smallest absolute Gasteiger partial charge is 0.127 e. The molecule has 2 aromatic carbocycles. The maximum absolute atomic E-state index is 14.5. The molecule has 0 amide bonds. The maximum Gasteiger partial charge on any atom is 0.127 e. The van der Waals surface area contributed by atoms with Crippen LogP contribution in [0.2, 0.25) is 0 Å². The van der Waals surface area contributed by atoms with E-state index in [0.717, 1.165) is 0 Å². The van der Waals surface area contributed by atoms with E-state index in [2.05, 4.69) is 6.07 Å². The molecule has 0 heterocycles. The summed E-state index contributed by atoms with van der Waals surface area (Å²) in [4.78, 5) is 0. The van der Waals surface area contributed by atoms with Crippen molar-refractivity contribution in [1.29, 1.82) is 5.26 Å². The third kappa shape index (κ3) is 4.14. The van der Waals surface area contributed by atoms with Crippen molar-refractivity contribution < 1.29 is 9.13 Å². The van der Waals surface area contributed by atoms with E-state index in [0.29, 0.717) is 28.0 Å². The lowest BCUT2D eigenvalue weighted by Gasteiger charge is -2.22. The minimum Gasteiger partial charge on any atom is -0.488 e. The van der Waals surface area contributed by atoms with Gasteiger partial charge in [0.25, 0.3) is 0 Å². The molecule has 0 saturated heterocycles. The number of hydrogen-bond acceptors (Lipinski definition) is 2. The molecule has 24 heavy (non-hydrogen) atoms. The van der Waals surface area contributed by atoms with Crippen LogP contribution in [0.1, 0.15) is 52.7 Å². The number of benzene rings is 2. The van der Waals surface area contributed by atoms with E-state index in [-0.39, 0.29) is 16.8 Å². The van der Waals surface area contributed by atoms with Crippen molar-refractivity contribution in [2.45, 2.75) is 52.6 Å². The van der Waals surface area contributed by atoms with Gasteiger partial charge in [0.05, 0.1) is 11.6 Å². The molecule has 0 aliphatic rings. The summed E-state index contributed by atoms with van der Waals surface area (Å²) in [6.45, 7) is 11.8. The van der Waals surface area contributed by atoms with Gasteiger partial charge in [-0.1, -0.05) is 32.9 Å². The lowest BCUT2D eigenvalue weighted by molar-refractivity contribution is 0.131. The van der Waals surface area contributed by atoms with Crippen molar-refractivity contribution in [3.8, 4) is 22.9 Å². The van der Waals surface area contributed by atoms with Crippen molar-refractivity contribution in [1.82, 2.24) is 0 Å². The molecule has 2 rings (SSSR count). The fourth-order valence-electron chi connectivity index (χ4n) is 2.58. The number of halogens is 1. The number of nitrogens with zero attached hydrogens (tertiary/aromatic N) is 1. The summed E-state index contributed by atoms with van der Waals surface area (Å²) in [5.74, 6) is 0.383. The van der Waals surface area contributed by atoms with Crippen molar-refractivity contribution in [2.75, 3.05) is 0 Å². The largest absolute Gasteiger partial charge is 0.488 e. The van der Waals surface area contributed by atoms with Crippen LogP contribution in [0.3, 0.4) is 0 Å². The van der Waals surface area contributed by atoms with Crippen LogP contribution < -0.4 is 4.74 Å². The van der Waals surface area contributed by atoms with Crippen LogP contribution in [0.25, 0.3) is 11.1 Å². The van der Waals surface area contributed by atoms with Gasteiger partial charge in [-0.2, -0.15) is 5.26 Å². The molecule has 0 aliphatic carbocycles. The lowest BCUT2D eigenvalue weighted by Crippen LogP contribution is -2.22. The zero-order valence-electron chi connectivity index (χ0n) is 15.2. The predicted octanol–water partition coefficient (Wildman–Crippen LogP) is 5.84. The minimum atomic E-state index is -0.339. The molecule has 0 aliphatic heterocycles. The monoisotopic (exact) mass is 325 g/mol. The first kappa shape index (κ1) is 18.0. The van der Waals surface area contributed by atoms with E-state index in [1.165, 1.54) is 6.07 Å². The van der Waals surface area contributed by atoms with Crippen LogP contribution >= 0.6 is 0 Å². The van der Waals surface area contributed by atoms with Crippen LogP contribution in [0.15, 0.2) is 36.4 Å². The van der Waals surface area contributed by atoms with Crippen LogP contribution in [-0.4, -0.2) is 5.60 Å². The standard InChI is InChI=1S/C21H24FNO/c1-20(2,3)18-10-7-14(12-19(18)22)17-9-8-16(11-15(17)13-23)24-21(4,5)6/h7-12H,1-6H3. The molecule has 0 spiro atoms. The average molecular weight is 325 g/mol. The van der Waals surface area contributed by atoms with Crippen LogP contribution in [-0.2, 0) is 5.41 Å². The molecule has 2 nitrogen and oxygen atoms in total. The van der Waals surface area contributed by atoms with Crippen molar-refractivity contribution >= 4 is 0 Å². The fraction of sp³-hybridized carbons (Fsp3) is 0.381. The topological polar surface area (TPSA) is 33.0 Å². The van der Waals surface area contributed by atoms with E-state index < -0.39 is 0 Å². The summed E-state index contributed by atoms with van der Waals surface area (Å²) in [6, 6.07) is 12.7. The summed E-state index contributed by atoms with van der Waals surface area (Å²) in [5.41, 5.74) is 1.94. The normalized spacial score (nSPS) is 11.9. The Labute approximate surface area is 143 Å². The van der Waals surface area contributed by atoms with Crippen LogP contribution in [0.4, 0.5) is 4.39 Å². The van der Waals surface area contributed by atoms with Crippen molar-refractivity contribution in [2.24, 2.45) is 0 Å². The van der Waals surface area contributed by atoms with Gasteiger partial charge in [0.1, 0.15) is 17.2 Å². The molecule has 0 fully saturated rings. The van der Waals surface area contributed by atoms with E-state index >= 15 is 0 Å². The predicted molar refractivity (Wildman–Crippen MR) is 95.6 cm³/mol. The Bertz CT molecular complexity index is 789. The zero-order chi connectivity index (χ0) is 18.1. The molecule has 0 saturated carbocycles. The number of hydrogen-bond donors (Lipinski definition) is 0. The summed E-state index contributed by atoms with van der Waals surface area (Å²) in [6.07, 6.45) is 0. The second kappa shape index (κ2) is 6.28. The van der Waals surface area contributed by atoms with Gasteiger partial charge in [-0.25, -0.2) is 4.39 Å². The molecule has 2 aromatic rings. The number of rotatable bonds is 2. The highest BCUT2D eigenvalue weighted by molar-refractivity contribution is 5.72. The highest BCUT2D eigenvalue weighted by Gasteiger charge is 2.19. The molecule has 0 N–H and O–H groups in total. The Morgan fingerprint density at radius 3 is 2.12 bits per heavy atom. The fourth-order valence-corrected chi connectivity index (χ4v) is 2.58. The number of nitriles is 1. The van der Waals surface area contributed by atoms with Crippen LogP contribution in [0, 0.1) is 17.1 Å². The molecular weight excluding hydrogens is 301 g/mol. The first-order chi connectivity index (χ1) is 11.0. The van der Waals surface area contributed by atoms with Crippen LogP contribution in [0.5, 0.6) is 5.75 Å². The summed E-state index contributed by atoms with van der Waals surface area (Å²) in [7, 11) is 0. The molecule has 3 heteroatoms. The molecule has 0 aromatic heterocycles. The highest BCUT2D eigenvalue weighted by atomic mass is 19.1. The van der Waals surface area contributed by atoms with Gasteiger partial charge in [-0.3, -0.25) is 0 Å². The van der Waals surface area contributed by atoms with E-state index in [1.807, 2.05) is 59.7 Å². The number of ether oxygens (including phenoxy) is 1. The van der Waals surface area contributed by atoms with Gasteiger partial charge in [0.2, 0.25) is 0 Å². The molecule has 0 atom stereocenters. The SMILES string of the molecule is CC(C)(C)Oc1ccc(-c2ccc(C(C)(C)C)c(F)c2)c(C#N)c1. The van der Waals surface area contributed by atoms with Gasteiger partial charge >= 0.3 is 0 Å². The van der Waals surface area contributed by atoms with E-state index in [1.54, 1.807) is 12.1 Å². The second-order valence-corrected chi connectivity index (χ2v) is 7.98. The van der Waals surface area contributed by atoms with Gasteiger partial charge in [0.15, 0.2) is 0 Å². The molecular formula is C21H24FNO. The van der Waals surface area contributed by atoms with Gasteiger partial charge < -0.3 is 4.74 Å². The summed E-state index contributed by atoms with van der Waals surface area (Å²) < 4.78 is 20.3. The summed E-state index contributed by atoms with van der Waals surface area (Å²) >= 11 is 0. The van der Waals surface area contributed by atoms with Gasteiger partial charge in [-0.05, 0) is 67.1 Å². The van der Waals surface area contributed by atoms with Crippen molar-refractivity contribution in [3.05, 3.63) is 53.3 Å². The minimum absolute atomic E-state index is 0.251. The molecule has 0 bridgehead atoms.